The third kappa shape index (κ3) is 4.02. The van der Waals surface area contributed by atoms with Gasteiger partial charge in [0.25, 0.3) is 0 Å². The van der Waals surface area contributed by atoms with Crippen LogP contribution in [0.4, 0.5) is 8.78 Å². The van der Waals surface area contributed by atoms with Crippen LogP contribution in [0.15, 0.2) is 42.5 Å². The smallest absolute Gasteiger partial charge is 0.129 e. The van der Waals surface area contributed by atoms with Gasteiger partial charge in [0, 0.05) is 17.1 Å². The predicted molar refractivity (Wildman–Crippen MR) is 78.1 cm³/mol. The second kappa shape index (κ2) is 6.82. The molecule has 1 unspecified atom stereocenters. The van der Waals surface area contributed by atoms with Crippen LogP contribution in [0.5, 0.6) is 0 Å². The summed E-state index contributed by atoms with van der Waals surface area (Å²) < 4.78 is 26.5. The maximum absolute atomic E-state index is 13.7. The van der Waals surface area contributed by atoms with Crippen molar-refractivity contribution < 1.29 is 8.78 Å². The normalized spacial score (nSPS) is 12.4. The zero-order valence-corrected chi connectivity index (χ0v) is 11.9. The molecule has 1 nitrogen and oxygen atoms in total. The van der Waals surface area contributed by atoms with Crippen molar-refractivity contribution in [3.63, 3.8) is 0 Å². The number of nitrogens with one attached hydrogen (secondary N) is 1. The summed E-state index contributed by atoms with van der Waals surface area (Å²) in [6, 6.07) is 11.3. The molecule has 0 fully saturated rings. The first-order valence-corrected chi connectivity index (χ1v) is 6.82. The molecule has 0 aromatic heterocycles. The molecule has 0 spiro atoms. The quantitative estimate of drug-likeness (QED) is 0.879. The van der Waals surface area contributed by atoms with Crippen LogP contribution >= 0.6 is 11.6 Å². The highest BCUT2D eigenvalue weighted by Gasteiger charge is 2.12. The lowest BCUT2D eigenvalue weighted by Gasteiger charge is -2.17. The molecule has 20 heavy (non-hydrogen) atoms. The van der Waals surface area contributed by atoms with Gasteiger partial charge in [-0.25, -0.2) is 8.78 Å². The third-order valence-electron chi connectivity index (χ3n) is 3.26. The summed E-state index contributed by atoms with van der Waals surface area (Å²) in [6.45, 7) is 0. The molecule has 106 valence electrons. The monoisotopic (exact) mass is 295 g/mol. The van der Waals surface area contributed by atoms with Gasteiger partial charge in [0.1, 0.15) is 11.6 Å². The summed E-state index contributed by atoms with van der Waals surface area (Å²) in [7, 11) is 1.83. The number of hydrogen-bond acceptors (Lipinski definition) is 1. The Morgan fingerprint density at radius 3 is 2.55 bits per heavy atom. The van der Waals surface area contributed by atoms with E-state index in [4.69, 9.17) is 11.6 Å². The highest BCUT2D eigenvalue weighted by molar-refractivity contribution is 6.30. The van der Waals surface area contributed by atoms with E-state index in [-0.39, 0.29) is 6.04 Å². The van der Waals surface area contributed by atoms with Gasteiger partial charge < -0.3 is 5.32 Å². The Morgan fingerprint density at radius 2 is 1.90 bits per heavy atom. The molecule has 4 heteroatoms. The van der Waals surface area contributed by atoms with E-state index in [1.165, 1.54) is 12.1 Å². The van der Waals surface area contributed by atoms with Gasteiger partial charge in [-0.2, -0.15) is 0 Å². The summed E-state index contributed by atoms with van der Waals surface area (Å²) in [4.78, 5) is 0. The van der Waals surface area contributed by atoms with Crippen molar-refractivity contribution in [2.45, 2.75) is 18.9 Å². The lowest BCUT2D eigenvalue weighted by molar-refractivity contribution is 0.524. The molecule has 0 bridgehead atoms. The van der Waals surface area contributed by atoms with Crippen molar-refractivity contribution in [3.8, 4) is 0 Å². The fourth-order valence-electron chi connectivity index (χ4n) is 2.18. The van der Waals surface area contributed by atoms with Gasteiger partial charge in [0.05, 0.1) is 0 Å². The highest BCUT2D eigenvalue weighted by Crippen LogP contribution is 2.16. The second-order valence-corrected chi connectivity index (χ2v) is 5.20. The molecule has 0 aliphatic heterocycles. The average Bonchev–Trinajstić information content (AvgIpc) is 2.41. The lowest BCUT2D eigenvalue weighted by atomic mass is 9.99. The fourth-order valence-corrected chi connectivity index (χ4v) is 2.39. The molecule has 2 aromatic carbocycles. The molecular formula is C16H16ClF2N. The summed E-state index contributed by atoms with van der Waals surface area (Å²) in [5.74, 6) is -1.06. The van der Waals surface area contributed by atoms with Crippen LogP contribution in [0.2, 0.25) is 5.02 Å². The van der Waals surface area contributed by atoms with Crippen LogP contribution in [0, 0.1) is 11.6 Å². The van der Waals surface area contributed by atoms with Gasteiger partial charge in [-0.1, -0.05) is 29.8 Å². The van der Waals surface area contributed by atoms with Gasteiger partial charge >= 0.3 is 0 Å². The van der Waals surface area contributed by atoms with Gasteiger partial charge in [-0.05, 0) is 49.2 Å². The Hall–Kier alpha value is -1.45. The molecule has 0 saturated heterocycles. The van der Waals surface area contributed by atoms with E-state index in [1.54, 1.807) is 0 Å². The summed E-state index contributed by atoms with van der Waals surface area (Å²) >= 11 is 5.95. The van der Waals surface area contributed by atoms with Crippen molar-refractivity contribution in [3.05, 3.63) is 70.2 Å². The first-order chi connectivity index (χ1) is 9.58. The van der Waals surface area contributed by atoms with Crippen LogP contribution in [0.1, 0.15) is 11.1 Å². The number of benzene rings is 2. The van der Waals surface area contributed by atoms with E-state index in [0.717, 1.165) is 18.1 Å². The highest BCUT2D eigenvalue weighted by atomic mass is 35.5. The number of halogens is 3. The van der Waals surface area contributed by atoms with Crippen molar-refractivity contribution in [1.29, 1.82) is 0 Å². The maximum Gasteiger partial charge on any atom is 0.129 e. The van der Waals surface area contributed by atoms with E-state index in [1.807, 2.05) is 31.3 Å². The number of rotatable bonds is 5. The molecule has 1 atom stereocenters. The average molecular weight is 296 g/mol. The van der Waals surface area contributed by atoms with Crippen LogP contribution in [-0.4, -0.2) is 13.1 Å². The van der Waals surface area contributed by atoms with Crippen LogP contribution in [0.25, 0.3) is 0 Å². The molecule has 2 rings (SSSR count). The van der Waals surface area contributed by atoms with E-state index in [0.29, 0.717) is 17.0 Å². The summed E-state index contributed by atoms with van der Waals surface area (Å²) in [5, 5.41) is 3.84. The van der Waals surface area contributed by atoms with Crippen LogP contribution in [0.3, 0.4) is 0 Å². The lowest BCUT2D eigenvalue weighted by Crippen LogP contribution is -2.30. The molecule has 0 aliphatic carbocycles. The number of hydrogen-bond donors (Lipinski definition) is 1. The molecule has 0 amide bonds. The van der Waals surface area contributed by atoms with E-state index in [2.05, 4.69) is 5.32 Å². The van der Waals surface area contributed by atoms with Crippen molar-refractivity contribution in [1.82, 2.24) is 5.32 Å². The SMILES string of the molecule is CNC(Cc1cccc(Cl)c1)Cc1ccc(F)cc1F. The predicted octanol–water partition coefficient (Wildman–Crippen LogP) is 3.99. The van der Waals surface area contributed by atoms with Gasteiger partial charge in [-0.3, -0.25) is 0 Å². The molecule has 0 saturated carbocycles. The summed E-state index contributed by atoms with van der Waals surface area (Å²) in [6.07, 6.45) is 1.23. The molecule has 1 N–H and O–H groups in total. The molecule has 2 aromatic rings. The van der Waals surface area contributed by atoms with E-state index in [9.17, 15) is 8.78 Å². The van der Waals surface area contributed by atoms with E-state index >= 15 is 0 Å². The maximum atomic E-state index is 13.7. The van der Waals surface area contributed by atoms with Gasteiger partial charge in [0.2, 0.25) is 0 Å². The van der Waals surface area contributed by atoms with Crippen molar-refractivity contribution >= 4 is 11.6 Å². The van der Waals surface area contributed by atoms with Crippen LogP contribution < -0.4 is 5.32 Å². The third-order valence-corrected chi connectivity index (χ3v) is 3.50. The van der Waals surface area contributed by atoms with E-state index < -0.39 is 11.6 Å². The number of likely N-dealkylation sites (N-methyl/N-ethyl adjacent to an activating group) is 1. The first-order valence-electron chi connectivity index (χ1n) is 6.44. The topological polar surface area (TPSA) is 12.0 Å². The minimum Gasteiger partial charge on any atom is -0.316 e. The zero-order chi connectivity index (χ0) is 14.5. The Labute approximate surface area is 122 Å². The van der Waals surface area contributed by atoms with Crippen LogP contribution in [-0.2, 0) is 12.8 Å². The summed E-state index contributed by atoms with van der Waals surface area (Å²) in [5.41, 5.74) is 1.59. The first kappa shape index (κ1) is 14.9. The molecule has 0 heterocycles. The second-order valence-electron chi connectivity index (χ2n) is 4.76. The molecule has 0 aliphatic rings. The zero-order valence-electron chi connectivity index (χ0n) is 11.2. The molecular weight excluding hydrogens is 280 g/mol. The Balaban J connectivity index is 2.09. The Morgan fingerprint density at radius 1 is 1.10 bits per heavy atom. The van der Waals surface area contributed by atoms with Crippen molar-refractivity contribution in [2.24, 2.45) is 0 Å². The fraction of sp³-hybridized carbons (Fsp3) is 0.250. The Bertz CT molecular complexity index is 586. The Kier molecular flexibility index (Phi) is 5.10. The van der Waals surface area contributed by atoms with Gasteiger partial charge in [-0.15, -0.1) is 0 Å². The standard InChI is InChI=1S/C16H16ClF2N/c1-20-15(8-11-3-2-4-13(17)7-11)9-12-5-6-14(18)10-16(12)19/h2-7,10,15,20H,8-9H2,1H3. The minimum absolute atomic E-state index is 0.0634. The van der Waals surface area contributed by atoms with Crippen molar-refractivity contribution in [2.75, 3.05) is 7.05 Å². The molecule has 0 radical (unpaired) electrons. The largest absolute Gasteiger partial charge is 0.316 e. The van der Waals surface area contributed by atoms with Gasteiger partial charge in [0.15, 0.2) is 0 Å². The minimum atomic E-state index is -0.554.